The summed E-state index contributed by atoms with van der Waals surface area (Å²) in [5.74, 6) is -0.628. The summed E-state index contributed by atoms with van der Waals surface area (Å²) in [6.45, 7) is 3.57. The van der Waals surface area contributed by atoms with E-state index in [2.05, 4.69) is 21.2 Å². The van der Waals surface area contributed by atoms with E-state index < -0.39 is 10.7 Å². The number of benzene rings is 1. The molecule has 1 aromatic carbocycles. The van der Waals surface area contributed by atoms with Crippen molar-refractivity contribution in [1.29, 1.82) is 0 Å². The van der Waals surface area contributed by atoms with E-state index in [9.17, 15) is 14.5 Å². The number of nitrogens with one attached hydrogen (secondary N) is 1. The molecule has 0 heterocycles. The molecule has 0 saturated carbocycles. The Bertz CT molecular complexity index is 415. The third-order valence-electron chi connectivity index (χ3n) is 1.96. The average molecular weight is 307 g/mol. The third-order valence-corrected chi connectivity index (χ3v) is 2.55. The molecule has 0 unspecified atom stereocenters. The molecule has 0 fully saturated rings. The van der Waals surface area contributed by atoms with Crippen LogP contribution in [0.15, 0.2) is 16.6 Å². The minimum Gasteiger partial charge on any atom is -0.485 e. The number of hydrogen-bond acceptors (Lipinski definition) is 4. The van der Waals surface area contributed by atoms with E-state index in [-0.39, 0.29) is 22.5 Å². The Morgan fingerprint density at radius 3 is 2.88 bits per heavy atom. The molecule has 17 heavy (non-hydrogen) atoms. The molecule has 94 valence electrons. The van der Waals surface area contributed by atoms with Gasteiger partial charge in [0.2, 0.25) is 5.75 Å². The smallest absolute Gasteiger partial charge is 0.315 e. The van der Waals surface area contributed by atoms with Gasteiger partial charge in [-0.05, 0) is 28.5 Å². The number of likely N-dealkylation sites (N-methyl/N-ethyl adjacent to an activating group) is 1. The van der Waals surface area contributed by atoms with Crippen molar-refractivity contribution in [2.24, 2.45) is 0 Å². The molecule has 0 bridgehead atoms. The Kier molecular flexibility index (Phi) is 5.30. The number of hydrogen-bond donors (Lipinski definition) is 1. The van der Waals surface area contributed by atoms with E-state index in [1.807, 2.05) is 6.92 Å². The van der Waals surface area contributed by atoms with Gasteiger partial charge >= 0.3 is 5.69 Å². The number of halogens is 2. The highest BCUT2D eigenvalue weighted by Crippen LogP contribution is 2.35. The molecule has 1 aromatic rings. The zero-order chi connectivity index (χ0) is 12.8. The van der Waals surface area contributed by atoms with Crippen molar-refractivity contribution in [1.82, 2.24) is 5.32 Å². The Morgan fingerprint density at radius 2 is 2.29 bits per heavy atom. The SMILES string of the molecule is CCNCCOc1c(Br)cc(F)cc1[N+](=O)[O-]. The van der Waals surface area contributed by atoms with Crippen LogP contribution in [0.2, 0.25) is 0 Å². The maximum absolute atomic E-state index is 13.0. The number of nitro groups is 1. The standard InChI is InChI=1S/C10H12BrFN2O3/c1-2-13-3-4-17-10-8(11)5-7(12)6-9(10)14(15)16/h5-6,13H,2-4H2,1H3. The van der Waals surface area contributed by atoms with E-state index in [0.717, 1.165) is 18.7 Å². The lowest BCUT2D eigenvalue weighted by Crippen LogP contribution is -2.20. The first kappa shape index (κ1) is 13.9. The summed E-state index contributed by atoms with van der Waals surface area (Å²) in [5, 5.41) is 13.8. The Morgan fingerprint density at radius 1 is 1.59 bits per heavy atom. The van der Waals surface area contributed by atoms with Gasteiger partial charge in [0.05, 0.1) is 15.5 Å². The van der Waals surface area contributed by atoms with Crippen LogP contribution >= 0.6 is 15.9 Å². The van der Waals surface area contributed by atoms with Crippen molar-refractivity contribution < 1.29 is 14.1 Å². The maximum atomic E-state index is 13.0. The van der Waals surface area contributed by atoms with Gasteiger partial charge in [-0.15, -0.1) is 0 Å². The van der Waals surface area contributed by atoms with Crippen LogP contribution in [0, 0.1) is 15.9 Å². The molecular weight excluding hydrogens is 295 g/mol. The summed E-state index contributed by atoms with van der Waals surface area (Å²) in [5.41, 5.74) is -0.381. The van der Waals surface area contributed by atoms with Crippen LogP contribution in [0.1, 0.15) is 6.92 Å². The predicted octanol–water partition coefficient (Wildman–Crippen LogP) is 2.48. The fourth-order valence-electron chi connectivity index (χ4n) is 1.23. The molecule has 0 radical (unpaired) electrons. The molecule has 1 N–H and O–H groups in total. The number of nitrogens with zero attached hydrogens (tertiary/aromatic N) is 1. The Balaban J connectivity index is 2.85. The number of rotatable bonds is 6. The zero-order valence-corrected chi connectivity index (χ0v) is 10.8. The second kappa shape index (κ2) is 6.51. The number of nitro benzene ring substituents is 1. The van der Waals surface area contributed by atoms with Gasteiger partial charge in [-0.2, -0.15) is 0 Å². The molecule has 0 atom stereocenters. The van der Waals surface area contributed by atoms with Crippen LogP contribution in [0.25, 0.3) is 0 Å². The van der Waals surface area contributed by atoms with Gasteiger partial charge < -0.3 is 10.1 Å². The molecule has 7 heteroatoms. The van der Waals surface area contributed by atoms with Crippen molar-refractivity contribution in [2.45, 2.75) is 6.92 Å². The molecule has 1 rings (SSSR count). The van der Waals surface area contributed by atoms with E-state index in [4.69, 9.17) is 4.74 Å². The summed E-state index contributed by atoms with van der Waals surface area (Å²) in [6.07, 6.45) is 0. The van der Waals surface area contributed by atoms with Gasteiger partial charge in [0.25, 0.3) is 0 Å². The van der Waals surface area contributed by atoms with Crippen molar-refractivity contribution in [2.75, 3.05) is 19.7 Å². The first-order valence-electron chi connectivity index (χ1n) is 5.03. The summed E-state index contributed by atoms with van der Waals surface area (Å²) < 4.78 is 18.5. The Hall–Kier alpha value is -1.21. The fraction of sp³-hybridized carbons (Fsp3) is 0.400. The van der Waals surface area contributed by atoms with E-state index in [0.29, 0.717) is 6.54 Å². The van der Waals surface area contributed by atoms with Crippen LogP contribution in [-0.2, 0) is 0 Å². The molecular formula is C10H12BrFN2O3. The quantitative estimate of drug-likeness (QED) is 0.498. The highest BCUT2D eigenvalue weighted by atomic mass is 79.9. The largest absolute Gasteiger partial charge is 0.485 e. The first-order valence-corrected chi connectivity index (χ1v) is 5.82. The van der Waals surface area contributed by atoms with Gasteiger partial charge in [-0.25, -0.2) is 4.39 Å². The lowest BCUT2D eigenvalue weighted by molar-refractivity contribution is -0.386. The normalized spacial score (nSPS) is 10.3. The second-order valence-electron chi connectivity index (χ2n) is 3.19. The molecule has 0 saturated heterocycles. The van der Waals surface area contributed by atoms with Gasteiger partial charge in [0, 0.05) is 6.54 Å². The summed E-state index contributed by atoms with van der Waals surface area (Å²) in [7, 11) is 0. The van der Waals surface area contributed by atoms with Crippen LogP contribution in [0.5, 0.6) is 5.75 Å². The predicted molar refractivity (Wildman–Crippen MR) is 64.8 cm³/mol. The van der Waals surface area contributed by atoms with E-state index in [1.54, 1.807) is 0 Å². The summed E-state index contributed by atoms with van der Waals surface area (Å²) >= 11 is 3.05. The lowest BCUT2D eigenvalue weighted by atomic mass is 10.3. The first-order chi connectivity index (χ1) is 8.06. The highest BCUT2D eigenvalue weighted by molar-refractivity contribution is 9.10. The molecule has 0 aliphatic heterocycles. The Labute approximate surface area is 106 Å². The number of ether oxygens (including phenoxy) is 1. The molecule has 0 spiro atoms. The molecule has 0 aromatic heterocycles. The molecule has 5 nitrogen and oxygen atoms in total. The van der Waals surface area contributed by atoms with Gasteiger partial charge in [-0.3, -0.25) is 10.1 Å². The lowest BCUT2D eigenvalue weighted by Gasteiger charge is -2.08. The minimum absolute atomic E-state index is 0.0503. The third kappa shape index (κ3) is 3.94. The second-order valence-corrected chi connectivity index (χ2v) is 4.05. The highest BCUT2D eigenvalue weighted by Gasteiger charge is 2.20. The molecule has 0 amide bonds. The van der Waals surface area contributed by atoms with Crippen molar-refractivity contribution in [3.05, 3.63) is 32.5 Å². The fourth-order valence-corrected chi connectivity index (χ4v) is 1.76. The molecule has 0 aliphatic rings. The molecule has 0 aliphatic carbocycles. The monoisotopic (exact) mass is 306 g/mol. The van der Waals surface area contributed by atoms with Crippen molar-refractivity contribution in [3.8, 4) is 5.75 Å². The zero-order valence-electron chi connectivity index (χ0n) is 9.20. The van der Waals surface area contributed by atoms with Gasteiger partial charge in [-0.1, -0.05) is 6.92 Å². The summed E-state index contributed by atoms with van der Waals surface area (Å²) in [4.78, 5) is 10.1. The van der Waals surface area contributed by atoms with E-state index >= 15 is 0 Å². The summed E-state index contributed by atoms with van der Waals surface area (Å²) in [6, 6.07) is 1.98. The van der Waals surface area contributed by atoms with Crippen molar-refractivity contribution >= 4 is 21.6 Å². The van der Waals surface area contributed by atoms with Crippen molar-refractivity contribution in [3.63, 3.8) is 0 Å². The average Bonchev–Trinajstić information content (AvgIpc) is 2.25. The van der Waals surface area contributed by atoms with Gasteiger partial charge in [0.1, 0.15) is 12.4 Å². The topological polar surface area (TPSA) is 64.4 Å². The van der Waals surface area contributed by atoms with Crippen LogP contribution in [0.4, 0.5) is 10.1 Å². The van der Waals surface area contributed by atoms with Gasteiger partial charge in [0.15, 0.2) is 0 Å². The van der Waals surface area contributed by atoms with E-state index in [1.165, 1.54) is 0 Å². The van der Waals surface area contributed by atoms with Crippen LogP contribution < -0.4 is 10.1 Å². The van der Waals surface area contributed by atoms with Crippen LogP contribution in [-0.4, -0.2) is 24.6 Å². The van der Waals surface area contributed by atoms with Crippen LogP contribution in [0.3, 0.4) is 0 Å². The maximum Gasteiger partial charge on any atom is 0.315 e. The minimum atomic E-state index is -0.678.